The monoisotopic (exact) mass is 322 g/mol. The van der Waals surface area contributed by atoms with Crippen LogP contribution in [-0.4, -0.2) is 17.4 Å². The van der Waals surface area contributed by atoms with Crippen LogP contribution in [0.4, 0.5) is 16.2 Å². The SMILES string of the molecule is CSc1cccc(NC(=O)Nc2cc(Cl)ccc2CO)c1. The number of anilines is 2. The molecule has 2 rings (SSSR count). The highest BCUT2D eigenvalue weighted by Crippen LogP contribution is 2.22. The lowest BCUT2D eigenvalue weighted by Gasteiger charge is -2.11. The third kappa shape index (κ3) is 4.39. The third-order valence-electron chi connectivity index (χ3n) is 2.82. The number of halogens is 1. The van der Waals surface area contributed by atoms with Crippen LogP contribution in [0.2, 0.25) is 5.02 Å². The molecule has 110 valence electrons. The van der Waals surface area contributed by atoms with Crippen LogP contribution < -0.4 is 10.6 Å². The fourth-order valence-electron chi connectivity index (χ4n) is 1.79. The van der Waals surface area contributed by atoms with Crippen LogP contribution in [0.5, 0.6) is 0 Å². The Morgan fingerprint density at radius 2 is 2.05 bits per heavy atom. The summed E-state index contributed by atoms with van der Waals surface area (Å²) >= 11 is 7.50. The Morgan fingerprint density at radius 3 is 2.76 bits per heavy atom. The number of carbonyl (C=O) groups is 1. The minimum Gasteiger partial charge on any atom is -0.392 e. The summed E-state index contributed by atoms with van der Waals surface area (Å²) in [6, 6.07) is 12.1. The predicted molar refractivity (Wildman–Crippen MR) is 88.2 cm³/mol. The van der Waals surface area contributed by atoms with Gasteiger partial charge >= 0.3 is 6.03 Å². The number of urea groups is 1. The molecule has 0 aromatic heterocycles. The van der Waals surface area contributed by atoms with Crippen LogP contribution in [0.3, 0.4) is 0 Å². The Hall–Kier alpha value is -1.69. The molecule has 0 radical (unpaired) electrons. The molecule has 2 amide bonds. The molecule has 21 heavy (non-hydrogen) atoms. The van der Waals surface area contributed by atoms with Crippen LogP contribution in [-0.2, 0) is 6.61 Å². The Kier molecular flexibility index (Phi) is 5.50. The first-order chi connectivity index (χ1) is 10.1. The van der Waals surface area contributed by atoms with Crippen LogP contribution >= 0.6 is 23.4 Å². The quantitative estimate of drug-likeness (QED) is 0.739. The van der Waals surface area contributed by atoms with Gasteiger partial charge in [0.2, 0.25) is 0 Å². The average molecular weight is 323 g/mol. The first kappa shape index (κ1) is 15.7. The van der Waals surface area contributed by atoms with E-state index < -0.39 is 0 Å². The largest absolute Gasteiger partial charge is 0.392 e. The second-order valence-corrected chi connectivity index (χ2v) is 5.59. The van der Waals surface area contributed by atoms with Gasteiger partial charge in [0.1, 0.15) is 0 Å². The molecule has 0 aliphatic heterocycles. The van der Waals surface area contributed by atoms with E-state index in [1.807, 2.05) is 30.5 Å². The third-order valence-corrected chi connectivity index (χ3v) is 3.78. The summed E-state index contributed by atoms with van der Waals surface area (Å²) < 4.78 is 0. The Morgan fingerprint density at radius 1 is 1.24 bits per heavy atom. The zero-order valence-electron chi connectivity index (χ0n) is 11.4. The van der Waals surface area contributed by atoms with E-state index in [4.69, 9.17) is 11.6 Å². The number of hydrogen-bond donors (Lipinski definition) is 3. The van der Waals surface area contributed by atoms with Crippen LogP contribution in [0.15, 0.2) is 47.4 Å². The molecule has 6 heteroatoms. The van der Waals surface area contributed by atoms with E-state index in [9.17, 15) is 9.90 Å². The van der Waals surface area contributed by atoms with Gasteiger partial charge < -0.3 is 15.7 Å². The van der Waals surface area contributed by atoms with Crippen LogP contribution in [0.1, 0.15) is 5.56 Å². The number of rotatable bonds is 4. The maximum atomic E-state index is 12.0. The number of nitrogens with one attached hydrogen (secondary N) is 2. The van der Waals surface area contributed by atoms with E-state index in [0.717, 1.165) is 4.90 Å². The van der Waals surface area contributed by atoms with Crippen molar-refractivity contribution in [3.8, 4) is 0 Å². The average Bonchev–Trinajstić information content (AvgIpc) is 2.47. The molecule has 0 fully saturated rings. The van der Waals surface area contributed by atoms with Gasteiger partial charge in [-0.15, -0.1) is 11.8 Å². The minimum absolute atomic E-state index is 0.172. The summed E-state index contributed by atoms with van der Waals surface area (Å²) in [5, 5.41) is 15.2. The number of thioether (sulfide) groups is 1. The Bertz CT molecular complexity index is 649. The van der Waals surface area contributed by atoms with Crippen molar-refractivity contribution in [2.45, 2.75) is 11.5 Å². The van der Waals surface area contributed by atoms with Crippen molar-refractivity contribution in [2.75, 3.05) is 16.9 Å². The molecule has 0 atom stereocenters. The van der Waals surface area contributed by atoms with Crippen molar-refractivity contribution < 1.29 is 9.90 Å². The van der Waals surface area contributed by atoms with Gasteiger partial charge in [0, 0.05) is 26.9 Å². The van der Waals surface area contributed by atoms with E-state index in [0.29, 0.717) is 22.0 Å². The van der Waals surface area contributed by atoms with Gasteiger partial charge in [-0.3, -0.25) is 0 Å². The molecule has 0 aliphatic rings. The number of aliphatic hydroxyl groups excluding tert-OH is 1. The summed E-state index contributed by atoms with van der Waals surface area (Å²) in [6.45, 7) is -0.172. The van der Waals surface area contributed by atoms with E-state index in [1.54, 1.807) is 30.0 Å². The summed E-state index contributed by atoms with van der Waals surface area (Å²) in [5.41, 5.74) is 1.79. The summed E-state index contributed by atoms with van der Waals surface area (Å²) in [5.74, 6) is 0. The molecule has 0 aliphatic carbocycles. The lowest BCUT2D eigenvalue weighted by molar-refractivity contribution is 0.262. The van der Waals surface area contributed by atoms with Gasteiger partial charge in [0.05, 0.1) is 6.61 Å². The van der Waals surface area contributed by atoms with Crippen molar-refractivity contribution in [2.24, 2.45) is 0 Å². The molecule has 2 aromatic carbocycles. The topological polar surface area (TPSA) is 61.4 Å². The highest BCUT2D eigenvalue weighted by molar-refractivity contribution is 7.98. The highest BCUT2D eigenvalue weighted by atomic mass is 35.5. The predicted octanol–water partition coefficient (Wildman–Crippen LogP) is 4.20. The second-order valence-electron chi connectivity index (χ2n) is 4.27. The molecule has 0 saturated carbocycles. The molecule has 0 unspecified atom stereocenters. The number of hydrogen-bond acceptors (Lipinski definition) is 3. The summed E-state index contributed by atoms with van der Waals surface area (Å²) in [7, 11) is 0. The van der Waals surface area contributed by atoms with E-state index >= 15 is 0 Å². The van der Waals surface area contributed by atoms with Crippen molar-refractivity contribution >= 4 is 40.8 Å². The Labute approximate surface area is 132 Å². The van der Waals surface area contributed by atoms with Crippen molar-refractivity contribution in [3.63, 3.8) is 0 Å². The summed E-state index contributed by atoms with van der Waals surface area (Å²) in [6.07, 6.45) is 1.97. The van der Waals surface area contributed by atoms with Crippen molar-refractivity contribution in [3.05, 3.63) is 53.1 Å². The van der Waals surface area contributed by atoms with Crippen LogP contribution in [0, 0.1) is 0 Å². The smallest absolute Gasteiger partial charge is 0.323 e. The van der Waals surface area contributed by atoms with E-state index in [-0.39, 0.29) is 12.6 Å². The lowest BCUT2D eigenvalue weighted by atomic mass is 10.2. The molecular formula is C15H15ClN2O2S. The second kappa shape index (κ2) is 7.36. The van der Waals surface area contributed by atoms with Gasteiger partial charge in [0.25, 0.3) is 0 Å². The number of amides is 2. The van der Waals surface area contributed by atoms with E-state index in [1.165, 1.54) is 0 Å². The van der Waals surface area contributed by atoms with Gasteiger partial charge in [0.15, 0.2) is 0 Å². The zero-order chi connectivity index (χ0) is 15.2. The highest BCUT2D eigenvalue weighted by Gasteiger charge is 2.07. The lowest BCUT2D eigenvalue weighted by Crippen LogP contribution is -2.20. The van der Waals surface area contributed by atoms with Gasteiger partial charge in [-0.05, 0) is 36.6 Å². The fraction of sp³-hybridized carbons (Fsp3) is 0.133. The van der Waals surface area contributed by atoms with Crippen molar-refractivity contribution in [1.29, 1.82) is 0 Å². The molecule has 0 saturated heterocycles. The minimum atomic E-state index is -0.384. The van der Waals surface area contributed by atoms with Gasteiger partial charge in [-0.2, -0.15) is 0 Å². The maximum absolute atomic E-state index is 12.0. The molecule has 0 heterocycles. The summed E-state index contributed by atoms with van der Waals surface area (Å²) in [4.78, 5) is 13.1. The molecule has 4 nitrogen and oxygen atoms in total. The Balaban J connectivity index is 2.09. The number of benzene rings is 2. The van der Waals surface area contributed by atoms with E-state index in [2.05, 4.69) is 10.6 Å². The molecule has 3 N–H and O–H groups in total. The number of carbonyl (C=O) groups excluding carboxylic acids is 1. The molecular weight excluding hydrogens is 308 g/mol. The normalized spacial score (nSPS) is 10.2. The zero-order valence-corrected chi connectivity index (χ0v) is 13.0. The first-order valence-corrected chi connectivity index (χ1v) is 7.84. The van der Waals surface area contributed by atoms with Gasteiger partial charge in [-0.25, -0.2) is 4.79 Å². The first-order valence-electron chi connectivity index (χ1n) is 6.23. The standard InChI is InChI=1S/C15H15ClN2O2S/c1-21-13-4-2-3-12(8-13)17-15(20)18-14-7-11(16)6-5-10(14)9-19/h2-8,19H,9H2,1H3,(H2,17,18,20). The number of aliphatic hydroxyl groups is 1. The molecule has 2 aromatic rings. The van der Waals surface area contributed by atoms with Crippen molar-refractivity contribution in [1.82, 2.24) is 0 Å². The fourth-order valence-corrected chi connectivity index (χ4v) is 2.42. The maximum Gasteiger partial charge on any atom is 0.323 e. The molecule has 0 spiro atoms. The van der Waals surface area contributed by atoms with Gasteiger partial charge in [-0.1, -0.05) is 23.7 Å². The molecule has 0 bridgehead atoms. The van der Waals surface area contributed by atoms with Crippen LogP contribution in [0.25, 0.3) is 0 Å².